The van der Waals surface area contributed by atoms with Crippen molar-refractivity contribution in [2.75, 3.05) is 13.1 Å². The van der Waals surface area contributed by atoms with E-state index in [1.807, 2.05) is 140 Å². The number of ketones is 2. The third-order valence-electron chi connectivity index (χ3n) is 11.5. The van der Waals surface area contributed by atoms with Crippen LogP contribution in [-0.4, -0.2) is 80.0 Å². The molecular formula is C54H66N6O8. The third kappa shape index (κ3) is 16.3. The highest BCUT2D eigenvalue weighted by atomic mass is 16.6. The second-order valence-electron chi connectivity index (χ2n) is 18.3. The number of nitrogens with zero attached hydrogens (tertiary/aromatic N) is 4. The highest BCUT2D eigenvalue weighted by Gasteiger charge is 2.41. The monoisotopic (exact) mass is 926 g/mol. The highest BCUT2D eigenvalue weighted by molar-refractivity contribution is 6.02. The fraction of sp³-hybridized carbons (Fsp3) is 0.370. The first kappa shape index (κ1) is 53.4. The van der Waals surface area contributed by atoms with Gasteiger partial charge in [0.15, 0.2) is 23.8 Å². The summed E-state index contributed by atoms with van der Waals surface area (Å²) in [5.74, 6) is -1.53. The summed E-state index contributed by atoms with van der Waals surface area (Å²) in [5, 5.41) is 5.25. The van der Waals surface area contributed by atoms with Gasteiger partial charge in [-0.25, -0.2) is 19.6 Å². The zero-order valence-corrected chi connectivity index (χ0v) is 41.0. The Morgan fingerprint density at radius 1 is 0.603 bits per heavy atom. The Bertz CT molecular complexity index is 2360. The number of Topliss-reactive ketones (excluding diaryl/α,β-unsaturated/α-hetero) is 2. The molecule has 2 aliphatic carbocycles. The van der Waals surface area contributed by atoms with Crippen LogP contribution in [0.2, 0.25) is 0 Å². The fourth-order valence-electron chi connectivity index (χ4n) is 7.68. The zero-order valence-electron chi connectivity index (χ0n) is 41.0. The third-order valence-corrected chi connectivity index (χ3v) is 11.5. The summed E-state index contributed by atoms with van der Waals surface area (Å²) < 4.78 is 13.7. The van der Waals surface area contributed by atoms with Gasteiger partial charge in [-0.1, -0.05) is 135 Å². The van der Waals surface area contributed by atoms with Crippen molar-refractivity contribution >= 4 is 35.6 Å². The van der Waals surface area contributed by atoms with Crippen molar-refractivity contribution in [2.24, 2.45) is 10.8 Å². The van der Waals surface area contributed by atoms with Crippen molar-refractivity contribution in [3.63, 3.8) is 0 Å². The van der Waals surface area contributed by atoms with Crippen LogP contribution in [0.25, 0.3) is 0 Å². The smallest absolute Gasteiger partial charge is 0.326 e. The maximum Gasteiger partial charge on any atom is 0.326 e. The summed E-state index contributed by atoms with van der Waals surface area (Å²) in [7, 11) is 0. The van der Waals surface area contributed by atoms with Gasteiger partial charge >= 0.3 is 24.0 Å². The Kier molecular flexibility index (Phi) is 19.7. The summed E-state index contributed by atoms with van der Waals surface area (Å²) in [4.78, 5) is 83.4. The van der Waals surface area contributed by atoms with Crippen LogP contribution >= 0.6 is 0 Å². The summed E-state index contributed by atoms with van der Waals surface area (Å²) >= 11 is 0. The first-order chi connectivity index (χ1) is 32.2. The van der Waals surface area contributed by atoms with E-state index >= 15 is 0 Å². The van der Waals surface area contributed by atoms with Crippen molar-refractivity contribution in [1.29, 1.82) is 0 Å². The average Bonchev–Trinajstić information content (AvgIpc) is 4.02. The molecular weight excluding hydrogens is 861 g/mol. The van der Waals surface area contributed by atoms with Gasteiger partial charge in [0.25, 0.3) is 0 Å². The van der Waals surface area contributed by atoms with Gasteiger partial charge in [-0.15, -0.1) is 0 Å². The lowest BCUT2D eigenvalue weighted by Gasteiger charge is -2.36. The number of nitrogens with one attached hydrogen (secondary N) is 2. The molecule has 2 aliphatic rings. The van der Waals surface area contributed by atoms with Crippen LogP contribution in [0.3, 0.4) is 0 Å². The lowest BCUT2D eigenvalue weighted by Crippen LogP contribution is -2.39. The van der Waals surface area contributed by atoms with Gasteiger partial charge in [0.2, 0.25) is 0 Å². The number of rotatable bonds is 18. The minimum Gasteiger partial charge on any atom is -0.454 e. The van der Waals surface area contributed by atoms with Crippen LogP contribution in [0.1, 0.15) is 94.9 Å². The second kappa shape index (κ2) is 25.1. The molecule has 4 rings (SSSR count). The van der Waals surface area contributed by atoms with Crippen molar-refractivity contribution in [2.45, 2.75) is 107 Å². The Balaban J connectivity index is 1.23. The Morgan fingerprint density at radius 3 is 1.31 bits per heavy atom. The lowest BCUT2D eigenvalue weighted by molar-refractivity contribution is -0.156. The molecule has 0 aliphatic heterocycles. The van der Waals surface area contributed by atoms with E-state index in [2.05, 4.69) is 20.6 Å². The van der Waals surface area contributed by atoms with E-state index < -0.39 is 47.0 Å². The molecule has 0 saturated carbocycles. The zero-order chi connectivity index (χ0) is 50.0. The highest BCUT2D eigenvalue weighted by Crippen LogP contribution is 2.42. The summed E-state index contributed by atoms with van der Waals surface area (Å²) in [6.45, 7) is 19.8. The van der Waals surface area contributed by atoms with Gasteiger partial charge in [-0.3, -0.25) is 28.3 Å². The number of allylic oxidation sites excluding steroid dienone is 20. The molecule has 2 aromatic rings. The molecule has 2 atom stereocenters. The molecule has 0 spiro atoms. The molecule has 2 N–H and O–H groups in total. The molecule has 360 valence electrons. The fourth-order valence-corrected chi connectivity index (χ4v) is 7.68. The van der Waals surface area contributed by atoms with Crippen molar-refractivity contribution < 1.29 is 38.2 Å². The quantitative estimate of drug-likeness (QED) is 0.108. The van der Waals surface area contributed by atoms with E-state index in [0.717, 1.165) is 33.4 Å². The SMILES string of the molecule is CC(C=CC=C(C)C=CC1=C(C)C(=O)C(OC(=O)CCNC(=O)n2ccnc2)CC1(C)C)=CC=CC=C(C)C=CC=C(C)C=CC1=C(C)C(=O)C(OC(=O)CCNC(=O)n2ccnc2)CC1(C)C. The molecule has 2 amide bonds. The minimum atomic E-state index is -0.882. The van der Waals surface area contributed by atoms with Crippen LogP contribution in [0, 0.1) is 10.8 Å². The van der Waals surface area contributed by atoms with Crippen LogP contribution in [-0.2, 0) is 28.7 Å². The van der Waals surface area contributed by atoms with Gasteiger partial charge < -0.3 is 20.1 Å². The predicted molar refractivity (Wildman–Crippen MR) is 264 cm³/mol. The maximum atomic E-state index is 13.3. The summed E-state index contributed by atoms with van der Waals surface area (Å²) in [6.07, 6.45) is 35.4. The van der Waals surface area contributed by atoms with Gasteiger partial charge in [0.1, 0.15) is 12.7 Å². The van der Waals surface area contributed by atoms with E-state index in [0.29, 0.717) is 24.0 Å². The number of ether oxygens (including phenoxy) is 2. The first-order valence-corrected chi connectivity index (χ1v) is 22.7. The van der Waals surface area contributed by atoms with Crippen molar-refractivity contribution in [1.82, 2.24) is 29.7 Å². The molecule has 0 aromatic carbocycles. The molecule has 2 unspecified atom stereocenters. The maximum absolute atomic E-state index is 13.3. The molecule has 0 bridgehead atoms. The number of carbonyl (C=O) groups excluding carboxylic acids is 6. The Labute approximate surface area is 400 Å². The number of hydrogen-bond acceptors (Lipinski definition) is 10. The van der Waals surface area contributed by atoms with Crippen LogP contribution < -0.4 is 10.6 Å². The summed E-state index contributed by atoms with van der Waals surface area (Å²) in [6, 6.07) is -0.809. The summed E-state index contributed by atoms with van der Waals surface area (Å²) in [5.41, 5.74) is 6.23. The molecule has 0 saturated heterocycles. The van der Waals surface area contributed by atoms with Crippen LogP contribution in [0.4, 0.5) is 9.59 Å². The molecule has 0 fully saturated rings. The number of carbonyl (C=O) groups is 6. The van der Waals surface area contributed by atoms with Crippen LogP contribution in [0.5, 0.6) is 0 Å². The van der Waals surface area contributed by atoms with Gasteiger partial charge in [-0.05, 0) is 74.7 Å². The van der Waals surface area contributed by atoms with Gasteiger partial charge in [-0.2, -0.15) is 0 Å². The van der Waals surface area contributed by atoms with Crippen LogP contribution in [0.15, 0.2) is 167 Å². The first-order valence-electron chi connectivity index (χ1n) is 22.7. The number of amides is 2. The van der Waals surface area contributed by atoms with Crippen molar-refractivity contribution in [3.05, 3.63) is 167 Å². The van der Waals surface area contributed by atoms with E-state index in [4.69, 9.17) is 9.47 Å². The Morgan fingerprint density at radius 2 is 0.956 bits per heavy atom. The molecule has 2 heterocycles. The standard InChI is InChI=1S/C54H66N6O8/c1-37(17-13-19-39(3)21-23-43-41(5)49(63)45(33-53(43,7)8)67-47(61)25-27-57-51(65)59-31-29-55-35-59)15-11-12-16-38(2)18-14-20-40(4)22-24-44-42(6)50(64)46(34-54(44,9)10)68-48(62)26-28-58-52(66)60-32-30-56-36-60/h11-24,29-32,35-36,45-46H,25-28,33-34H2,1-10H3,(H,57,65)(H,58,66). The van der Waals surface area contributed by atoms with Crippen molar-refractivity contribution in [3.8, 4) is 0 Å². The van der Waals surface area contributed by atoms with E-state index in [-0.39, 0.29) is 37.5 Å². The minimum absolute atomic E-state index is 0.0588. The number of esters is 2. The predicted octanol–water partition coefficient (Wildman–Crippen LogP) is 9.70. The van der Waals surface area contributed by atoms with E-state index in [1.54, 1.807) is 13.8 Å². The normalized spacial score (nSPS) is 19.6. The Hall–Kier alpha value is -7.22. The lowest BCUT2D eigenvalue weighted by atomic mass is 9.71. The number of hydrogen-bond donors (Lipinski definition) is 2. The number of aromatic nitrogens is 4. The van der Waals surface area contributed by atoms with E-state index in [9.17, 15) is 28.8 Å². The van der Waals surface area contributed by atoms with Gasteiger partial charge in [0.05, 0.1) is 12.8 Å². The average molecular weight is 927 g/mol. The second-order valence-corrected chi connectivity index (χ2v) is 18.3. The molecule has 0 radical (unpaired) electrons. The topological polar surface area (TPSA) is 181 Å². The molecule has 14 nitrogen and oxygen atoms in total. The molecule has 2 aromatic heterocycles. The van der Waals surface area contributed by atoms with E-state index in [1.165, 1.54) is 46.6 Å². The molecule has 14 heteroatoms. The number of imidazole rings is 2. The largest absolute Gasteiger partial charge is 0.454 e. The van der Waals surface area contributed by atoms with Gasteiger partial charge in [0, 0.05) is 50.7 Å². The molecule has 68 heavy (non-hydrogen) atoms.